The molecule has 1 aromatic heterocycles. The van der Waals surface area contributed by atoms with Crippen LogP contribution in [0.15, 0.2) is 29.6 Å². The number of nitriles is 1. The molecular formula is C16H17N3O2S. The number of carbonyl (C=O) groups excluding carboxylic acids is 1. The summed E-state index contributed by atoms with van der Waals surface area (Å²) in [5.74, 6) is 0.474. The van der Waals surface area contributed by atoms with Gasteiger partial charge in [0.15, 0.2) is 0 Å². The van der Waals surface area contributed by atoms with E-state index in [9.17, 15) is 4.79 Å². The van der Waals surface area contributed by atoms with Crippen molar-refractivity contribution < 1.29 is 9.53 Å². The van der Waals surface area contributed by atoms with Gasteiger partial charge >= 0.3 is 0 Å². The zero-order chi connectivity index (χ0) is 16.1. The van der Waals surface area contributed by atoms with Gasteiger partial charge in [0.2, 0.25) is 5.91 Å². The zero-order valence-corrected chi connectivity index (χ0v) is 13.5. The minimum Gasteiger partial charge on any atom is -0.495 e. The van der Waals surface area contributed by atoms with Gasteiger partial charge in [-0.05, 0) is 43.0 Å². The molecule has 1 amide bonds. The molecule has 0 aliphatic rings. The summed E-state index contributed by atoms with van der Waals surface area (Å²) in [6.45, 7) is 3.73. The van der Waals surface area contributed by atoms with Gasteiger partial charge in [-0.15, -0.1) is 11.3 Å². The Hall–Kier alpha value is -2.52. The Bertz CT molecular complexity index is 718. The maximum atomic E-state index is 12.3. The average molecular weight is 315 g/mol. The molecule has 0 aliphatic carbocycles. The lowest BCUT2D eigenvalue weighted by molar-refractivity contribution is -0.116. The Morgan fingerprint density at radius 1 is 1.41 bits per heavy atom. The van der Waals surface area contributed by atoms with Gasteiger partial charge in [-0.3, -0.25) is 4.79 Å². The molecule has 0 saturated carbocycles. The maximum Gasteiger partial charge on any atom is 0.247 e. The van der Waals surface area contributed by atoms with Crippen molar-refractivity contribution >= 4 is 27.9 Å². The molecule has 1 aromatic carbocycles. The van der Waals surface area contributed by atoms with Gasteiger partial charge in [0.25, 0.3) is 0 Å². The summed E-state index contributed by atoms with van der Waals surface area (Å²) in [5, 5.41) is 17.2. The molecule has 0 unspecified atom stereocenters. The molecule has 0 saturated heterocycles. The predicted molar refractivity (Wildman–Crippen MR) is 88.5 cm³/mol. The quantitative estimate of drug-likeness (QED) is 0.887. The first kappa shape index (κ1) is 15.9. The molecule has 1 heterocycles. The van der Waals surface area contributed by atoms with E-state index in [2.05, 4.69) is 16.7 Å². The van der Waals surface area contributed by atoms with Crippen molar-refractivity contribution in [2.75, 3.05) is 17.7 Å². The lowest BCUT2D eigenvalue weighted by atomic mass is 10.2. The second-order valence-corrected chi connectivity index (χ2v) is 5.75. The number of nitrogens with one attached hydrogen (secondary N) is 2. The van der Waals surface area contributed by atoms with E-state index in [4.69, 9.17) is 10.00 Å². The standard InChI is InChI=1S/C16H17N3O2S/c1-10-4-5-14(21-3)13(8-10)18-11(2)15(20)19-16-12(9-17)6-7-22-16/h4-8,11,18H,1-3H3,(H,19,20)/t11-/m1/s1. The topological polar surface area (TPSA) is 74.2 Å². The lowest BCUT2D eigenvalue weighted by Crippen LogP contribution is -2.32. The van der Waals surface area contributed by atoms with E-state index in [1.165, 1.54) is 11.3 Å². The monoisotopic (exact) mass is 315 g/mol. The van der Waals surface area contributed by atoms with Crippen molar-refractivity contribution in [3.63, 3.8) is 0 Å². The minimum atomic E-state index is -0.468. The van der Waals surface area contributed by atoms with Crippen molar-refractivity contribution in [2.24, 2.45) is 0 Å². The van der Waals surface area contributed by atoms with Crippen molar-refractivity contribution in [1.29, 1.82) is 5.26 Å². The van der Waals surface area contributed by atoms with Crippen LogP contribution in [0.3, 0.4) is 0 Å². The number of rotatable bonds is 5. The van der Waals surface area contributed by atoms with Crippen molar-refractivity contribution in [1.82, 2.24) is 0 Å². The smallest absolute Gasteiger partial charge is 0.247 e. The highest BCUT2D eigenvalue weighted by molar-refractivity contribution is 7.14. The number of ether oxygens (including phenoxy) is 1. The number of thiophene rings is 1. The fraction of sp³-hybridized carbons (Fsp3) is 0.250. The zero-order valence-electron chi connectivity index (χ0n) is 12.6. The largest absolute Gasteiger partial charge is 0.495 e. The molecule has 0 spiro atoms. The Balaban J connectivity index is 2.09. The maximum absolute atomic E-state index is 12.3. The van der Waals surface area contributed by atoms with Gasteiger partial charge in [0.1, 0.15) is 22.9 Å². The molecule has 114 valence electrons. The number of aryl methyl sites for hydroxylation is 1. The van der Waals surface area contributed by atoms with E-state index in [0.29, 0.717) is 16.3 Å². The molecule has 2 rings (SSSR count). The summed E-state index contributed by atoms with van der Waals surface area (Å²) in [6, 6.07) is 8.99. The third-order valence-electron chi connectivity index (χ3n) is 3.14. The van der Waals surface area contributed by atoms with Crippen LogP contribution in [0, 0.1) is 18.3 Å². The first-order valence-electron chi connectivity index (χ1n) is 6.74. The van der Waals surface area contributed by atoms with E-state index < -0.39 is 6.04 Å². The fourth-order valence-electron chi connectivity index (χ4n) is 1.95. The number of hydrogen-bond donors (Lipinski definition) is 2. The van der Waals surface area contributed by atoms with Crippen molar-refractivity contribution in [3.8, 4) is 11.8 Å². The summed E-state index contributed by atoms with van der Waals surface area (Å²) in [4.78, 5) is 12.3. The van der Waals surface area contributed by atoms with Crippen LogP contribution < -0.4 is 15.4 Å². The molecule has 0 aliphatic heterocycles. The van der Waals surface area contributed by atoms with Crippen molar-refractivity contribution in [3.05, 3.63) is 40.8 Å². The second-order valence-electron chi connectivity index (χ2n) is 4.83. The number of methoxy groups -OCH3 is 1. The van der Waals surface area contributed by atoms with Gasteiger partial charge < -0.3 is 15.4 Å². The van der Waals surface area contributed by atoms with Crippen LogP contribution in [0.4, 0.5) is 10.7 Å². The highest BCUT2D eigenvalue weighted by atomic mass is 32.1. The fourth-order valence-corrected chi connectivity index (χ4v) is 2.69. The Morgan fingerprint density at radius 2 is 2.18 bits per heavy atom. The van der Waals surface area contributed by atoms with Crippen LogP contribution in [-0.2, 0) is 4.79 Å². The SMILES string of the molecule is COc1ccc(C)cc1N[C@H](C)C(=O)Nc1sccc1C#N. The molecule has 0 bridgehead atoms. The number of benzene rings is 1. The molecule has 1 atom stereocenters. The minimum absolute atomic E-state index is 0.206. The number of hydrogen-bond acceptors (Lipinski definition) is 5. The van der Waals surface area contributed by atoms with E-state index in [1.54, 1.807) is 25.5 Å². The Morgan fingerprint density at radius 3 is 2.86 bits per heavy atom. The van der Waals surface area contributed by atoms with Crippen LogP contribution in [-0.4, -0.2) is 19.1 Å². The first-order chi connectivity index (χ1) is 10.5. The normalized spacial score (nSPS) is 11.4. The molecular weight excluding hydrogens is 298 g/mol. The van der Waals surface area contributed by atoms with E-state index in [0.717, 1.165) is 11.3 Å². The average Bonchev–Trinajstić information content (AvgIpc) is 2.94. The molecule has 5 nitrogen and oxygen atoms in total. The van der Waals surface area contributed by atoms with E-state index in [1.807, 2.05) is 25.1 Å². The van der Waals surface area contributed by atoms with Gasteiger partial charge in [-0.2, -0.15) is 5.26 Å². The molecule has 22 heavy (non-hydrogen) atoms. The van der Waals surface area contributed by atoms with Crippen LogP contribution in [0.25, 0.3) is 0 Å². The number of carbonyl (C=O) groups is 1. The summed E-state index contributed by atoms with van der Waals surface area (Å²) in [5.41, 5.74) is 2.30. The van der Waals surface area contributed by atoms with Gasteiger partial charge in [-0.1, -0.05) is 6.07 Å². The molecule has 0 fully saturated rings. The summed E-state index contributed by atoms with van der Waals surface area (Å²) in [6.07, 6.45) is 0. The van der Waals surface area contributed by atoms with Crippen LogP contribution >= 0.6 is 11.3 Å². The Kier molecular flexibility index (Phi) is 5.02. The van der Waals surface area contributed by atoms with Gasteiger partial charge in [0.05, 0.1) is 18.4 Å². The van der Waals surface area contributed by atoms with Gasteiger partial charge in [-0.25, -0.2) is 0 Å². The summed E-state index contributed by atoms with van der Waals surface area (Å²) < 4.78 is 5.29. The number of amides is 1. The van der Waals surface area contributed by atoms with E-state index in [-0.39, 0.29) is 5.91 Å². The van der Waals surface area contributed by atoms with Gasteiger partial charge in [0, 0.05) is 0 Å². The van der Waals surface area contributed by atoms with Crippen LogP contribution in [0.2, 0.25) is 0 Å². The van der Waals surface area contributed by atoms with Crippen LogP contribution in [0.5, 0.6) is 5.75 Å². The van der Waals surface area contributed by atoms with E-state index >= 15 is 0 Å². The Labute approximate surface area is 133 Å². The number of nitrogens with zero attached hydrogens (tertiary/aromatic N) is 1. The second kappa shape index (κ2) is 6.96. The van der Waals surface area contributed by atoms with Crippen LogP contribution in [0.1, 0.15) is 18.1 Å². The molecule has 6 heteroatoms. The highest BCUT2D eigenvalue weighted by Crippen LogP contribution is 2.26. The molecule has 2 N–H and O–H groups in total. The highest BCUT2D eigenvalue weighted by Gasteiger charge is 2.17. The lowest BCUT2D eigenvalue weighted by Gasteiger charge is -2.17. The summed E-state index contributed by atoms with van der Waals surface area (Å²) in [7, 11) is 1.59. The predicted octanol–water partition coefficient (Wildman–Crippen LogP) is 3.38. The molecule has 0 radical (unpaired) electrons. The van der Waals surface area contributed by atoms with Crippen molar-refractivity contribution in [2.45, 2.75) is 19.9 Å². The first-order valence-corrected chi connectivity index (χ1v) is 7.62. The third-order valence-corrected chi connectivity index (χ3v) is 3.97. The summed E-state index contributed by atoms with van der Waals surface area (Å²) >= 11 is 1.33. The third kappa shape index (κ3) is 3.57. The number of anilines is 2. The molecule has 2 aromatic rings.